The molecule has 0 amide bonds. The van der Waals surface area contributed by atoms with Gasteiger partial charge in [0, 0.05) is 145 Å². The third kappa shape index (κ3) is 18.7. The maximum Gasteiger partial charge on any atom is 0.308 e. The van der Waals surface area contributed by atoms with Gasteiger partial charge in [-0.3, -0.25) is 62.3 Å². The van der Waals surface area contributed by atoms with Crippen molar-refractivity contribution in [1.29, 1.82) is 0 Å². The van der Waals surface area contributed by atoms with Crippen LogP contribution < -0.4 is 80.5 Å². The van der Waals surface area contributed by atoms with Gasteiger partial charge in [0.15, 0.2) is 57.5 Å². The van der Waals surface area contributed by atoms with Crippen molar-refractivity contribution >= 4 is 77.6 Å². The Morgan fingerprint density at radius 3 is 0.640 bits per heavy atom. The second-order valence-electron chi connectivity index (χ2n) is 17.0. The summed E-state index contributed by atoms with van der Waals surface area (Å²) in [4.78, 5) is 163. The Hall–Kier alpha value is -11.6. The Bertz CT molecular complexity index is 3510. The van der Waals surface area contributed by atoms with E-state index in [-0.39, 0.29) is 5.75 Å². The first-order valence-electron chi connectivity index (χ1n) is 24.3. The second-order valence-corrected chi connectivity index (χ2v) is 17.0. The average molecular weight is 1200 g/mol. The van der Waals surface area contributed by atoms with Gasteiger partial charge in [-0.05, 0) is 0 Å². The van der Waals surface area contributed by atoms with Crippen LogP contribution in [0.15, 0.2) is 54.6 Å². The molecule has 0 bridgehead atoms. The van der Waals surface area contributed by atoms with Crippen LogP contribution in [0.25, 0.3) is 0 Å². The molecule has 5 aromatic rings. The van der Waals surface area contributed by atoms with Gasteiger partial charge < -0.3 is 80.5 Å². The zero-order chi connectivity index (χ0) is 64.0. The van der Waals surface area contributed by atoms with E-state index in [4.69, 9.17) is 80.5 Å². The van der Waals surface area contributed by atoms with Crippen molar-refractivity contribution in [2.24, 2.45) is 0 Å². The van der Waals surface area contributed by atoms with Gasteiger partial charge in [-0.1, -0.05) is 0 Å². The van der Waals surface area contributed by atoms with Crippen LogP contribution in [-0.4, -0.2) is 77.6 Å². The Labute approximate surface area is 484 Å². The number of hydrogen-bond donors (Lipinski definition) is 0. The normalized spacial score (nSPS) is 10.3. The van der Waals surface area contributed by atoms with E-state index in [0.717, 1.165) is 145 Å². The van der Waals surface area contributed by atoms with E-state index in [1.165, 1.54) is 0 Å². The van der Waals surface area contributed by atoms with E-state index >= 15 is 0 Å². The van der Waals surface area contributed by atoms with Crippen molar-refractivity contribution < 1.29 is 143 Å². The van der Waals surface area contributed by atoms with Gasteiger partial charge >= 0.3 is 77.6 Å². The van der Waals surface area contributed by atoms with Gasteiger partial charge in [0.2, 0.25) is 40.2 Å². The van der Waals surface area contributed by atoms with Gasteiger partial charge in [0.25, 0.3) is 0 Å². The molecule has 0 unspecified atom stereocenters. The molecular formula is C56H48O30. The third-order valence-corrected chi connectivity index (χ3v) is 9.25. The summed E-state index contributed by atoms with van der Waals surface area (Å²) in [6.07, 6.45) is 0. The quantitative estimate of drug-likeness (QED) is 0.0497. The molecule has 0 saturated carbocycles. The summed E-state index contributed by atoms with van der Waals surface area (Å²) in [6, 6.07) is 8.32. The standard InChI is InChI=1S/C56H48O30/c1-23(57)70-36-14-42(73-26(4)60)51(43(15-36)74-27(5)61)84-38-18-46(77-30(8)64)53(47(19-38)78-31(9)65)86-49-22-48(79-32(10)66)54(81-34(12)68)56(82-35(13)69)55(49)85-39-20-44(75-28(6)62)52(45(21-39)76-29(7)63)83-37-16-40(71-24(2)58)50(80-33(11)67)41(17-37)72-25(3)59/h14-22H,1-13H3. The first-order valence-corrected chi connectivity index (χ1v) is 24.3. The fourth-order valence-electron chi connectivity index (χ4n) is 6.92. The smallest absolute Gasteiger partial charge is 0.308 e. The highest BCUT2D eigenvalue weighted by atomic mass is 16.6. The average Bonchev–Trinajstić information content (AvgIpc) is 0.897. The van der Waals surface area contributed by atoms with Crippen LogP contribution in [0, 0.1) is 0 Å². The van der Waals surface area contributed by atoms with Crippen LogP contribution in [-0.2, 0) is 62.3 Å². The molecule has 30 nitrogen and oxygen atoms in total. The van der Waals surface area contributed by atoms with Crippen LogP contribution in [0.4, 0.5) is 0 Å². The minimum absolute atomic E-state index is 0.299. The highest BCUT2D eigenvalue weighted by Crippen LogP contribution is 2.57. The molecule has 0 radical (unpaired) electrons. The van der Waals surface area contributed by atoms with E-state index < -0.39 is 193 Å². The molecule has 0 N–H and O–H groups in total. The SMILES string of the molecule is CC(=O)Oc1cc(OC(C)=O)c(Oc2cc(OC(C)=O)c(Oc3cc(OC(C)=O)c(OC(C)=O)c(OC(C)=O)c3Oc3cc(OC(C)=O)c(Oc4cc(OC(C)=O)c(OC(C)=O)c(OC(C)=O)c4)c(OC(C)=O)c3)c(OC(C)=O)c2)c(OC(C)=O)c1. The highest BCUT2D eigenvalue weighted by Gasteiger charge is 2.33. The first-order chi connectivity index (χ1) is 40.2. The van der Waals surface area contributed by atoms with E-state index in [2.05, 4.69) is 0 Å². The second kappa shape index (κ2) is 28.4. The van der Waals surface area contributed by atoms with Crippen molar-refractivity contribution in [3.63, 3.8) is 0 Å². The molecule has 5 rings (SSSR count). The number of carbonyl (C=O) groups excluding carboxylic acids is 13. The zero-order valence-electron chi connectivity index (χ0n) is 47.4. The Morgan fingerprint density at radius 1 is 0.174 bits per heavy atom. The number of hydrogen-bond acceptors (Lipinski definition) is 30. The van der Waals surface area contributed by atoms with Crippen molar-refractivity contribution in [2.45, 2.75) is 90.0 Å². The first kappa shape index (κ1) is 65.2. The minimum Gasteiger partial charge on any atom is -0.449 e. The fraction of sp³-hybridized carbons (Fsp3) is 0.232. The predicted octanol–water partition coefficient (Wildman–Crippen LogP) is 7.88. The third-order valence-electron chi connectivity index (χ3n) is 9.25. The number of carbonyl (C=O) groups is 13. The predicted molar refractivity (Wildman–Crippen MR) is 280 cm³/mol. The summed E-state index contributed by atoms with van der Waals surface area (Å²) in [7, 11) is 0. The molecular weight excluding hydrogens is 1150 g/mol. The van der Waals surface area contributed by atoms with E-state index in [0.29, 0.717) is 0 Å². The van der Waals surface area contributed by atoms with Crippen LogP contribution in [0.1, 0.15) is 90.0 Å². The summed E-state index contributed by atoms with van der Waals surface area (Å²) >= 11 is 0. The molecule has 30 heteroatoms. The molecule has 0 saturated heterocycles. The largest absolute Gasteiger partial charge is 0.449 e. The lowest BCUT2D eigenvalue weighted by molar-refractivity contribution is -0.135. The molecule has 0 aliphatic rings. The minimum atomic E-state index is -1.19. The van der Waals surface area contributed by atoms with E-state index in [9.17, 15) is 62.3 Å². The van der Waals surface area contributed by atoms with E-state index in [1.807, 2.05) is 0 Å². The van der Waals surface area contributed by atoms with Gasteiger partial charge in [-0.2, -0.15) is 0 Å². The Morgan fingerprint density at radius 2 is 0.372 bits per heavy atom. The molecule has 0 heterocycles. The summed E-state index contributed by atoms with van der Waals surface area (Å²) < 4.78 is 94.4. The van der Waals surface area contributed by atoms with E-state index in [1.54, 1.807) is 0 Å². The molecule has 86 heavy (non-hydrogen) atoms. The number of ether oxygens (including phenoxy) is 17. The Kier molecular flexibility index (Phi) is 21.5. The van der Waals surface area contributed by atoms with Gasteiger partial charge in [-0.25, -0.2) is 0 Å². The maximum atomic E-state index is 13.1. The van der Waals surface area contributed by atoms with Crippen molar-refractivity contribution in [2.75, 3.05) is 0 Å². The lowest BCUT2D eigenvalue weighted by atomic mass is 10.2. The van der Waals surface area contributed by atoms with Gasteiger partial charge in [0.05, 0.1) is 0 Å². The van der Waals surface area contributed by atoms with Gasteiger partial charge in [-0.15, -0.1) is 0 Å². The highest BCUT2D eigenvalue weighted by molar-refractivity contribution is 5.84. The molecule has 452 valence electrons. The number of benzene rings is 5. The topological polar surface area (TPSA) is 379 Å². The summed E-state index contributed by atoms with van der Waals surface area (Å²) in [5.41, 5.74) is 0. The molecule has 0 aliphatic heterocycles. The monoisotopic (exact) mass is 1200 g/mol. The molecule has 0 fully saturated rings. The maximum absolute atomic E-state index is 13.1. The van der Waals surface area contributed by atoms with Crippen LogP contribution in [0.5, 0.6) is 121 Å². The zero-order valence-corrected chi connectivity index (χ0v) is 47.4. The fourth-order valence-corrected chi connectivity index (χ4v) is 6.92. The number of esters is 13. The molecule has 0 spiro atoms. The molecule has 0 aliphatic carbocycles. The van der Waals surface area contributed by atoms with Crippen LogP contribution in [0.3, 0.4) is 0 Å². The van der Waals surface area contributed by atoms with Crippen LogP contribution >= 0.6 is 0 Å². The summed E-state index contributed by atoms with van der Waals surface area (Å²) in [5.74, 6) is -27.1. The van der Waals surface area contributed by atoms with Crippen molar-refractivity contribution in [3.8, 4) is 121 Å². The van der Waals surface area contributed by atoms with Crippen LogP contribution in [0.2, 0.25) is 0 Å². The number of rotatable bonds is 21. The van der Waals surface area contributed by atoms with Crippen molar-refractivity contribution in [1.82, 2.24) is 0 Å². The van der Waals surface area contributed by atoms with Crippen molar-refractivity contribution in [3.05, 3.63) is 54.6 Å². The Balaban J connectivity index is 1.89. The van der Waals surface area contributed by atoms with Gasteiger partial charge in [0.1, 0.15) is 23.0 Å². The lowest BCUT2D eigenvalue weighted by Crippen LogP contribution is -2.12. The lowest BCUT2D eigenvalue weighted by Gasteiger charge is -2.23. The summed E-state index contributed by atoms with van der Waals surface area (Å²) in [5, 5.41) is 0. The molecule has 5 aromatic carbocycles. The summed E-state index contributed by atoms with van der Waals surface area (Å²) in [6.45, 7) is 12.3. The molecule has 0 atom stereocenters. The molecule has 0 aromatic heterocycles.